The maximum Gasteiger partial charge on any atom is 0.417 e. The molecular formula is C17H20ClF3N2O3S. The monoisotopic (exact) mass is 424 g/mol. The van der Waals surface area contributed by atoms with Gasteiger partial charge in [0.15, 0.2) is 0 Å². The molecule has 27 heavy (non-hydrogen) atoms. The van der Waals surface area contributed by atoms with Crippen molar-refractivity contribution in [2.75, 3.05) is 26.2 Å². The van der Waals surface area contributed by atoms with Crippen molar-refractivity contribution in [2.45, 2.75) is 31.3 Å². The lowest BCUT2D eigenvalue weighted by Gasteiger charge is -2.34. The smallest absolute Gasteiger partial charge is 0.336 e. The van der Waals surface area contributed by atoms with E-state index < -0.39 is 31.7 Å². The Labute approximate surface area is 161 Å². The SMILES string of the molecule is CCC=C(C)C(=O)N1CCN(S(=O)(=O)c2ccc(Cl)c(C(F)(F)F)c2)CC1. The van der Waals surface area contributed by atoms with Gasteiger partial charge < -0.3 is 4.90 Å². The number of alkyl halides is 3. The van der Waals surface area contributed by atoms with E-state index in [1.54, 1.807) is 13.0 Å². The summed E-state index contributed by atoms with van der Waals surface area (Å²) in [5, 5.41) is -0.560. The van der Waals surface area contributed by atoms with Crippen molar-refractivity contribution >= 4 is 27.5 Å². The molecule has 0 spiro atoms. The van der Waals surface area contributed by atoms with Crippen LogP contribution in [0.25, 0.3) is 0 Å². The molecule has 1 amide bonds. The van der Waals surface area contributed by atoms with Gasteiger partial charge in [-0.3, -0.25) is 4.79 Å². The molecule has 1 saturated heterocycles. The van der Waals surface area contributed by atoms with Gasteiger partial charge in [-0.2, -0.15) is 17.5 Å². The molecule has 1 fully saturated rings. The van der Waals surface area contributed by atoms with Crippen LogP contribution >= 0.6 is 11.6 Å². The Hall–Kier alpha value is -1.58. The third kappa shape index (κ3) is 4.83. The average Bonchev–Trinajstić information content (AvgIpc) is 2.60. The fourth-order valence-corrected chi connectivity index (χ4v) is 4.48. The third-order valence-corrected chi connectivity index (χ3v) is 6.48. The minimum Gasteiger partial charge on any atom is -0.336 e. The van der Waals surface area contributed by atoms with E-state index in [1.165, 1.54) is 4.90 Å². The normalized spacial score (nSPS) is 17.3. The summed E-state index contributed by atoms with van der Waals surface area (Å²) in [6.07, 6.45) is -2.25. The first kappa shape index (κ1) is 21.7. The molecule has 0 atom stereocenters. The van der Waals surface area contributed by atoms with Crippen molar-refractivity contribution in [2.24, 2.45) is 0 Å². The minimum atomic E-state index is -4.75. The molecule has 0 unspecified atom stereocenters. The van der Waals surface area contributed by atoms with Gasteiger partial charge in [0, 0.05) is 31.8 Å². The van der Waals surface area contributed by atoms with Crippen LogP contribution in [0.3, 0.4) is 0 Å². The van der Waals surface area contributed by atoms with Gasteiger partial charge in [0.05, 0.1) is 15.5 Å². The highest BCUT2D eigenvalue weighted by atomic mass is 35.5. The van der Waals surface area contributed by atoms with Crippen LogP contribution in [0.1, 0.15) is 25.8 Å². The summed E-state index contributed by atoms with van der Waals surface area (Å²) in [6, 6.07) is 2.53. The number of allylic oxidation sites excluding steroid dienone is 1. The lowest BCUT2D eigenvalue weighted by atomic mass is 10.2. The van der Waals surface area contributed by atoms with Crippen molar-refractivity contribution < 1.29 is 26.4 Å². The molecule has 1 aliphatic rings. The Kier molecular flexibility index (Phi) is 6.59. The van der Waals surface area contributed by atoms with Gasteiger partial charge in [0.25, 0.3) is 0 Å². The molecular weight excluding hydrogens is 405 g/mol. The summed E-state index contributed by atoms with van der Waals surface area (Å²) in [6.45, 7) is 3.97. The lowest BCUT2D eigenvalue weighted by Crippen LogP contribution is -2.50. The molecule has 0 bridgehead atoms. The van der Waals surface area contributed by atoms with E-state index in [0.29, 0.717) is 18.1 Å². The number of sulfonamides is 1. The van der Waals surface area contributed by atoms with E-state index in [-0.39, 0.29) is 32.1 Å². The van der Waals surface area contributed by atoms with E-state index in [0.717, 1.165) is 16.4 Å². The Bertz CT molecular complexity index is 845. The van der Waals surface area contributed by atoms with Crippen molar-refractivity contribution in [1.82, 2.24) is 9.21 Å². The zero-order valence-corrected chi connectivity index (χ0v) is 16.5. The molecule has 10 heteroatoms. The van der Waals surface area contributed by atoms with Crippen molar-refractivity contribution in [3.05, 3.63) is 40.4 Å². The largest absolute Gasteiger partial charge is 0.417 e. The zero-order valence-electron chi connectivity index (χ0n) is 14.9. The Morgan fingerprint density at radius 1 is 1.22 bits per heavy atom. The Morgan fingerprint density at radius 3 is 2.33 bits per heavy atom. The van der Waals surface area contributed by atoms with Crippen LogP contribution in [-0.2, 0) is 21.0 Å². The van der Waals surface area contributed by atoms with Crippen LogP contribution in [-0.4, -0.2) is 49.7 Å². The molecule has 1 aromatic rings. The standard InChI is InChI=1S/C17H20ClF3N2O3S/c1-3-4-12(2)16(24)22-7-9-23(10-8-22)27(25,26)13-5-6-15(18)14(11-13)17(19,20)21/h4-6,11H,3,7-10H2,1-2H3. The number of hydrogen-bond donors (Lipinski definition) is 0. The van der Waals surface area contributed by atoms with Crippen LogP contribution in [0, 0.1) is 0 Å². The molecule has 150 valence electrons. The first-order valence-corrected chi connectivity index (χ1v) is 10.1. The molecule has 5 nitrogen and oxygen atoms in total. The second-order valence-corrected chi connectivity index (χ2v) is 8.48. The number of piperazine rings is 1. The number of benzene rings is 1. The predicted octanol–water partition coefficient (Wildman–Crippen LogP) is 3.55. The van der Waals surface area contributed by atoms with Crippen LogP contribution in [0.5, 0.6) is 0 Å². The Morgan fingerprint density at radius 2 is 1.81 bits per heavy atom. The van der Waals surface area contributed by atoms with Gasteiger partial charge in [-0.25, -0.2) is 8.42 Å². The van der Waals surface area contributed by atoms with Crippen LogP contribution in [0.15, 0.2) is 34.7 Å². The number of hydrogen-bond acceptors (Lipinski definition) is 3. The fraction of sp³-hybridized carbons (Fsp3) is 0.471. The number of carbonyl (C=O) groups excluding carboxylic acids is 1. The molecule has 0 aliphatic carbocycles. The van der Waals surface area contributed by atoms with E-state index >= 15 is 0 Å². The van der Waals surface area contributed by atoms with E-state index in [2.05, 4.69) is 0 Å². The highest BCUT2D eigenvalue weighted by Gasteiger charge is 2.36. The number of carbonyl (C=O) groups is 1. The quantitative estimate of drug-likeness (QED) is 0.694. The van der Waals surface area contributed by atoms with E-state index in [9.17, 15) is 26.4 Å². The molecule has 1 heterocycles. The first-order chi connectivity index (χ1) is 12.5. The van der Waals surface area contributed by atoms with Crippen LogP contribution < -0.4 is 0 Å². The van der Waals surface area contributed by atoms with Crippen molar-refractivity contribution in [3.63, 3.8) is 0 Å². The molecule has 1 aromatic carbocycles. The van der Waals surface area contributed by atoms with Crippen molar-refractivity contribution in [3.8, 4) is 0 Å². The fourth-order valence-electron chi connectivity index (χ4n) is 2.81. The molecule has 0 saturated carbocycles. The molecule has 1 aliphatic heterocycles. The second-order valence-electron chi connectivity index (χ2n) is 6.13. The predicted molar refractivity (Wildman–Crippen MR) is 95.8 cm³/mol. The van der Waals surface area contributed by atoms with Gasteiger partial charge in [-0.05, 0) is 31.5 Å². The molecule has 0 aromatic heterocycles. The molecule has 0 radical (unpaired) electrons. The highest BCUT2D eigenvalue weighted by molar-refractivity contribution is 7.89. The summed E-state index contributed by atoms with van der Waals surface area (Å²) < 4.78 is 65.5. The summed E-state index contributed by atoms with van der Waals surface area (Å²) in [5.74, 6) is -0.167. The zero-order chi connectivity index (χ0) is 20.4. The molecule has 0 N–H and O–H groups in total. The number of nitrogens with zero attached hydrogens (tertiary/aromatic N) is 2. The maximum absolute atomic E-state index is 13.0. The maximum atomic E-state index is 13.0. The number of amides is 1. The lowest BCUT2D eigenvalue weighted by molar-refractivity contribution is -0.137. The van der Waals surface area contributed by atoms with Gasteiger partial charge in [0.1, 0.15) is 0 Å². The van der Waals surface area contributed by atoms with Crippen LogP contribution in [0.2, 0.25) is 5.02 Å². The van der Waals surface area contributed by atoms with Crippen LogP contribution in [0.4, 0.5) is 13.2 Å². The molecule has 2 rings (SSSR count). The van der Waals surface area contributed by atoms with E-state index in [1.807, 2.05) is 6.92 Å². The minimum absolute atomic E-state index is 0.0114. The third-order valence-electron chi connectivity index (χ3n) is 4.25. The number of halogens is 4. The average molecular weight is 425 g/mol. The van der Waals surface area contributed by atoms with Crippen molar-refractivity contribution in [1.29, 1.82) is 0 Å². The summed E-state index contributed by atoms with van der Waals surface area (Å²) in [4.78, 5) is 13.3. The van der Waals surface area contributed by atoms with Gasteiger partial charge in [-0.15, -0.1) is 0 Å². The summed E-state index contributed by atoms with van der Waals surface area (Å²) in [7, 11) is -4.12. The van der Waals surface area contributed by atoms with Gasteiger partial charge in [0.2, 0.25) is 15.9 Å². The van der Waals surface area contributed by atoms with Gasteiger partial charge >= 0.3 is 6.18 Å². The van der Waals surface area contributed by atoms with E-state index in [4.69, 9.17) is 11.6 Å². The first-order valence-electron chi connectivity index (χ1n) is 8.31. The van der Waals surface area contributed by atoms with Gasteiger partial charge in [-0.1, -0.05) is 24.6 Å². The summed E-state index contributed by atoms with van der Waals surface area (Å²) in [5.41, 5.74) is -0.610. The second kappa shape index (κ2) is 8.20. The summed E-state index contributed by atoms with van der Waals surface area (Å²) >= 11 is 5.55. The topological polar surface area (TPSA) is 57.7 Å². The highest BCUT2D eigenvalue weighted by Crippen LogP contribution is 2.36. The Balaban J connectivity index is 2.18. The number of rotatable bonds is 4.